The van der Waals surface area contributed by atoms with Gasteiger partial charge in [0.1, 0.15) is 0 Å². The molecule has 0 spiro atoms. The Morgan fingerprint density at radius 1 is 1.25 bits per heavy atom. The standard InChI is InChI=1S/C16H18BrNO2/c1-11(7-8-20-2)18-16(19)14-4-3-13-10-15(17)6-5-12(13)9-14/h3-6,9-11H,7-8H2,1-2H3,(H,18,19). The lowest BCUT2D eigenvalue weighted by molar-refractivity contribution is 0.0929. The van der Waals surface area contributed by atoms with Crippen LogP contribution in [0.4, 0.5) is 0 Å². The molecule has 1 N–H and O–H groups in total. The van der Waals surface area contributed by atoms with Crippen molar-refractivity contribution in [1.82, 2.24) is 5.32 Å². The van der Waals surface area contributed by atoms with Crippen molar-refractivity contribution >= 4 is 32.6 Å². The van der Waals surface area contributed by atoms with Gasteiger partial charge in [-0.15, -0.1) is 0 Å². The van der Waals surface area contributed by atoms with Crippen molar-refractivity contribution in [2.45, 2.75) is 19.4 Å². The van der Waals surface area contributed by atoms with Gasteiger partial charge in [-0.05, 0) is 48.4 Å². The molecule has 0 aromatic heterocycles. The Balaban J connectivity index is 2.12. The summed E-state index contributed by atoms with van der Waals surface area (Å²) in [4.78, 5) is 12.2. The van der Waals surface area contributed by atoms with Gasteiger partial charge in [0.2, 0.25) is 0 Å². The van der Waals surface area contributed by atoms with Gasteiger partial charge in [-0.2, -0.15) is 0 Å². The number of carbonyl (C=O) groups excluding carboxylic acids is 1. The molecule has 106 valence electrons. The molecule has 1 atom stereocenters. The maximum Gasteiger partial charge on any atom is 0.251 e. The molecule has 0 aliphatic heterocycles. The highest BCUT2D eigenvalue weighted by Gasteiger charge is 2.10. The third-order valence-electron chi connectivity index (χ3n) is 3.20. The van der Waals surface area contributed by atoms with Gasteiger partial charge in [0.25, 0.3) is 5.91 Å². The van der Waals surface area contributed by atoms with Crippen LogP contribution in [0.3, 0.4) is 0 Å². The van der Waals surface area contributed by atoms with Gasteiger partial charge in [0.05, 0.1) is 0 Å². The lowest BCUT2D eigenvalue weighted by Crippen LogP contribution is -2.33. The van der Waals surface area contributed by atoms with Crippen LogP contribution in [0.2, 0.25) is 0 Å². The van der Waals surface area contributed by atoms with E-state index in [2.05, 4.69) is 21.2 Å². The molecule has 0 aliphatic rings. The van der Waals surface area contributed by atoms with E-state index in [0.717, 1.165) is 21.7 Å². The second kappa shape index (κ2) is 6.86. The number of amides is 1. The van der Waals surface area contributed by atoms with E-state index >= 15 is 0 Å². The molecule has 0 saturated heterocycles. The van der Waals surface area contributed by atoms with E-state index < -0.39 is 0 Å². The summed E-state index contributed by atoms with van der Waals surface area (Å²) >= 11 is 3.45. The van der Waals surface area contributed by atoms with Crippen molar-refractivity contribution in [3.8, 4) is 0 Å². The van der Waals surface area contributed by atoms with Crippen molar-refractivity contribution in [3.05, 3.63) is 46.4 Å². The zero-order chi connectivity index (χ0) is 14.5. The molecule has 0 aliphatic carbocycles. The van der Waals surface area contributed by atoms with Crippen LogP contribution in [0.5, 0.6) is 0 Å². The third-order valence-corrected chi connectivity index (χ3v) is 3.69. The Labute approximate surface area is 127 Å². The van der Waals surface area contributed by atoms with E-state index in [0.29, 0.717) is 12.2 Å². The van der Waals surface area contributed by atoms with Crippen LogP contribution in [-0.4, -0.2) is 25.7 Å². The predicted molar refractivity (Wildman–Crippen MR) is 85.1 cm³/mol. The number of fused-ring (bicyclic) bond motifs is 1. The molecule has 4 heteroatoms. The van der Waals surface area contributed by atoms with E-state index in [-0.39, 0.29) is 11.9 Å². The molecule has 20 heavy (non-hydrogen) atoms. The lowest BCUT2D eigenvalue weighted by Gasteiger charge is -2.13. The van der Waals surface area contributed by atoms with Gasteiger partial charge < -0.3 is 10.1 Å². The average molecular weight is 336 g/mol. The Morgan fingerprint density at radius 3 is 2.70 bits per heavy atom. The fourth-order valence-electron chi connectivity index (χ4n) is 2.03. The summed E-state index contributed by atoms with van der Waals surface area (Å²) in [7, 11) is 1.66. The van der Waals surface area contributed by atoms with Gasteiger partial charge >= 0.3 is 0 Å². The minimum Gasteiger partial charge on any atom is -0.385 e. The maximum absolute atomic E-state index is 12.2. The highest BCUT2D eigenvalue weighted by atomic mass is 79.9. The summed E-state index contributed by atoms with van der Waals surface area (Å²) in [5.74, 6) is -0.0431. The van der Waals surface area contributed by atoms with Crippen molar-refractivity contribution < 1.29 is 9.53 Å². The van der Waals surface area contributed by atoms with E-state index in [1.54, 1.807) is 7.11 Å². The molecule has 0 heterocycles. The van der Waals surface area contributed by atoms with Gasteiger partial charge in [-0.1, -0.05) is 28.1 Å². The molecule has 1 amide bonds. The molecule has 2 aromatic carbocycles. The number of benzene rings is 2. The number of methoxy groups -OCH3 is 1. The normalized spacial score (nSPS) is 12.3. The number of rotatable bonds is 5. The first-order valence-corrected chi connectivity index (χ1v) is 7.38. The summed E-state index contributed by atoms with van der Waals surface area (Å²) < 4.78 is 6.05. The van der Waals surface area contributed by atoms with E-state index in [1.165, 1.54) is 0 Å². The Morgan fingerprint density at radius 2 is 1.95 bits per heavy atom. The van der Waals surface area contributed by atoms with Gasteiger partial charge in [0.15, 0.2) is 0 Å². The Kier molecular flexibility index (Phi) is 5.15. The zero-order valence-electron chi connectivity index (χ0n) is 11.7. The van der Waals surface area contributed by atoms with Crippen LogP contribution in [0, 0.1) is 0 Å². The van der Waals surface area contributed by atoms with Crippen LogP contribution in [0.15, 0.2) is 40.9 Å². The Hall–Kier alpha value is -1.39. The first kappa shape index (κ1) is 15.0. The maximum atomic E-state index is 12.2. The van der Waals surface area contributed by atoms with Crippen molar-refractivity contribution in [1.29, 1.82) is 0 Å². The molecule has 0 fully saturated rings. The predicted octanol–water partition coefficient (Wildman–Crippen LogP) is 3.76. The van der Waals surface area contributed by atoms with Crippen LogP contribution >= 0.6 is 15.9 Å². The fourth-order valence-corrected chi connectivity index (χ4v) is 2.41. The minimum absolute atomic E-state index is 0.0431. The second-order valence-corrected chi connectivity index (χ2v) is 5.78. The van der Waals surface area contributed by atoms with E-state index in [4.69, 9.17) is 4.74 Å². The largest absolute Gasteiger partial charge is 0.385 e. The topological polar surface area (TPSA) is 38.3 Å². The van der Waals surface area contributed by atoms with Crippen LogP contribution in [0.1, 0.15) is 23.7 Å². The third kappa shape index (κ3) is 3.81. The SMILES string of the molecule is COCCC(C)NC(=O)c1ccc2cc(Br)ccc2c1. The number of carbonyl (C=O) groups is 1. The first-order chi connectivity index (χ1) is 9.60. The first-order valence-electron chi connectivity index (χ1n) is 6.59. The van der Waals surface area contributed by atoms with Gasteiger partial charge in [-0.25, -0.2) is 0 Å². The van der Waals surface area contributed by atoms with Gasteiger partial charge in [0, 0.05) is 29.8 Å². The van der Waals surface area contributed by atoms with E-state index in [1.807, 2.05) is 43.3 Å². The second-order valence-electron chi connectivity index (χ2n) is 4.86. The number of hydrogen-bond acceptors (Lipinski definition) is 2. The summed E-state index contributed by atoms with van der Waals surface area (Å²) in [6, 6.07) is 11.9. The van der Waals surface area contributed by atoms with Gasteiger partial charge in [-0.3, -0.25) is 4.79 Å². The quantitative estimate of drug-likeness (QED) is 0.903. The van der Waals surface area contributed by atoms with Crippen molar-refractivity contribution in [2.75, 3.05) is 13.7 Å². The molecule has 3 nitrogen and oxygen atoms in total. The molecule has 0 radical (unpaired) electrons. The number of ether oxygens (including phenoxy) is 1. The number of nitrogens with one attached hydrogen (secondary N) is 1. The zero-order valence-corrected chi connectivity index (χ0v) is 13.2. The number of hydrogen-bond donors (Lipinski definition) is 1. The van der Waals surface area contributed by atoms with E-state index in [9.17, 15) is 4.79 Å². The molecular weight excluding hydrogens is 318 g/mol. The molecule has 2 aromatic rings. The summed E-state index contributed by atoms with van der Waals surface area (Å²) in [6.45, 7) is 2.63. The highest BCUT2D eigenvalue weighted by Crippen LogP contribution is 2.21. The van der Waals surface area contributed by atoms with Crippen molar-refractivity contribution in [2.24, 2.45) is 0 Å². The van der Waals surface area contributed by atoms with Crippen molar-refractivity contribution in [3.63, 3.8) is 0 Å². The smallest absolute Gasteiger partial charge is 0.251 e. The van der Waals surface area contributed by atoms with Crippen LogP contribution in [-0.2, 0) is 4.74 Å². The molecule has 2 rings (SSSR count). The highest BCUT2D eigenvalue weighted by molar-refractivity contribution is 9.10. The fraction of sp³-hybridized carbons (Fsp3) is 0.312. The summed E-state index contributed by atoms with van der Waals surface area (Å²) in [5, 5.41) is 5.15. The average Bonchev–Trinajstić information content (AvgIpc) is 2.44. The van der Waals surface area contributed by atoms with Crippen LogP contribution in [0.25, 0.3) is 10.8 Å². The summed E-state index contributed by atoms with van der Waals surface area (Å²) in [6.07, 6.45) is 0.808. The monoisotopic (exact) mass is 335 g/mol. The molecule has 0 bridgehead atoms. The minimum atomic E-state index is -0.0431. The van der Waals surface area contributed by atoms with Crippen LogP contribution < -0.4 is 5.32 Å². The lowest BCUT2D eigenvalue weighted by atomic mass is 10.1. The number of halogens is 1. The molecule has 1 unspecified atom stereocenters. The molecule has 0 saturated carbocycles. The summed E-state index contributed by atoms with van der Waals surface area (Å²) in [5.41, 5.74) is 0.684. The Bertz CT molecular complexity index is 612. The molecular formula is C16H18BrNO2.